The minimum Gasteiger partial charge on any atom is -0.449 e. The molecule has 19 heavy (non-hydrogen) atoms. The van der Waals surface area contributed by atoms with E-state index in [0.717, 1.165) is 12.8 Å². The molecule has 0 saturated heterocycles. The van der Waals surface area contributed by atoms with E-state index in [0.29, 0.717) is 12.5 Å². The van der Waals surface area contributed by atoms with Gasteiger partial charge in [-0.2, -0.15) is 0 Å². The molecule has 0 aliphatic heterocycles. The summed E-state index contributed by atoms with van der Waals surface area (Å²) < 4.78 is 5.20. The monoisotopic (exact) mass is 273 g/mol. The Hall–Kier alpha value is -0.770. The highest BCUT2D eigenvalue weighted by Crippen LogP contribution is 2.17. The highest BCUT2D eigenvalue weighted by atomic mass is 16.5. The molecule has 1 amide bonds. The van der Waals surface area contributed by atoms with E-state index in [9.17, 15) is 4.79 Å². The highest BCUT2D eigenvalue weighted by Gasteiger charge is 2.11. The molecule has 0 saturated carbocycles. The standard InChI is InChI=1S/C15H31NO3/c1-3-5-7-8-10-14(9-6-4-2)13-19-15(18)16-11-12-17/h14,17H,3-13H2,1-2H3,(H,16,18). The molecule has 0 aliphatic carbocycles. The van der Waals surface area contributed by atoms with E-state index in [1.165, 1.54) is 38.5 Å². The molecule has 0 fully saturated rings. The Balaban J connectivity index is 3.80. The molecule has 0 aromatic heterocycles. The number of ether oxygens (including phenoxy) is 1. The normalized spacial score (nSPS) is 12.2. The SMILES string of the molecule is CCCCCCC(CCCC)COC(=O)NCCO. The summed E-state index contributed by atoms with van der Waals surface area (Å²) in [5, 5.41) is 11.1. The van der Waals surface area contributed by atoms with Crippen molar-refractivity contribution >= 4 is 6.09 Å². The maximum atomic E-state index is 11.3. The summed E-state index contributed by atoms with van der Waals surface area (Å²) in [5.41, 5.74) is 0. The Morgan fingerprint density at radius 2 is 1.79 bits per heavy atom. The van der Waals surface area contributed by atoms with Gasteiger partial charge in [0.25, 0.3) is 0 Å². The number of rotatable bonds is 12. The van der Waals surface area contributed by atoms with Gasteiger partial charge in [0.15, 0.2) is 0 Å². The second-order valence-electron chi connectivity index (χ2n) is 5.11. The van der Waals surface area contributed by atoms with Gasteiger partial charge in [-0.3, -0.25) is 0 Å². The summed E-state index contributed by atoms with van der Waals surface area (Å²) in [6.07, 6.45) is 9.28. The highest BCUT2D eigenvalue weighted by molar-refractivity contribution is 5.67. The number of carbonyl (C=O) groups is 1. The lowest BCUT2D eigenvalue weighted by molar-refractivity contribution is 0.118. The summed E-state index contributed by atoms with van der Waals surface area (Å²) in [7, 11) is 0. The molecular weight excluding hydrogens is 242 g/mol. The van der Waals surface area contributed by atoms with E-state index in [1.54, 1.807) is 0 Å². The summed E-state index contributed by atoms with van der Waals surface area (Å²) in [5.74, 6) is 0.483. The topological polar surface area (TPSA) is 58.6 Å². The molecular formula is C15H31NO3. The molecule has 0 aromatic carbocycles. The van der Waals surface area contributed by atoms with Crippen molar-refractivity contribution in [3.05, 3.63) is 0 Å². The molecule has 0 rings (SSSR count). The first kappa shape index (κ1) is 18.2. The molecule has 2 N–H and O–H groups in total. The fourth-order valence-corrected chi connectivity index (χ4v) is 2.07. The van der Waals surface area contributed by atoms with Crippen molar-refractivity contribution in [3.63, 3.8) is 0 Å². The number of aliphatic hydroxyl groups is 1. The Morgan fingerprint density at radius 1 is 1.11 bits per heavy atom. The molecule has 0 aliphatic rings. The third-order valence-corrected chi connectivity index (χ3v) is 3.26. The lowest BCUT2D eigenvalue weighted by atomic mass is 9.96. The number of unbranched alkanes of at least 4 members (excludes halogenated alkanes) is 4. The number of aliphatic hydroxyl groups excluding tert-OH is 1. The number of hydrogen-bond donors (Lipinski definition) is 2. The van der Waals surface area contributed by atoms with Crippen molar-refractivity contribution in [3.8, 4) is 0 Å². The lowest BCUT2D eigenvalue weighted by Crippen LogP contribution is -2.28. The zero-order valence-corrected chi connectivity index (χ0v) is 12.6. The second kappa shape index (κ2) is 13.7. The van der Waals surface area contributed by atoms with Crippen LogP contribution in [0.15, 0.2) is 0 Å². The van der Waals surface area contributed by atoms with Gasteiger partial charge in [-0.1, -0.05) is 52.4 Å². The second-order valence-corrected chi connectivity index (χ2v) is 5.11. The smallest absolute Gasteiger partial charge is 0.407 e. The Labute approximate surface area is 117 Å². The molecule has 0 bridgehead atoms. The average molecular weight is 273 g/mol. The minimum absolute atomic E-state index is 0.0502. The van der Waals surface area contributed by atoms with Crippen LogP contribution in [0.5, 0.6) is 0 Å². The van der Waals surface area contributed by atoms with E-state index in [4.69, 9.17) is 9.84 Å². The third kappa shape index (κ3) is 12.0. The van der Waals surface area contributed by atoms with Gasteiger partial charge < -0.3 is 15.2 Å². The average Bonchev–Trinajstić information content (AvgIpc) is 2.43. The molecule has 1 atom stereocenters. The molecule has 4 nitrogen and oxygen atoms in total. The fraction of sp³-hybridized carbons (Fsp3) is 0.933. The predicted octanol–water partition coefficient (Wildman–Crippen LogP) is 3.48. The molecule has 0 heterocycles. The fourth-order valence-electron chi connectivity index (χ4n) is 2.07. The predicted molar refractivity (Wildman–Crippen MR) is 78.2 cm³/mol. The van der Waals surface area contributed by atoms with Crippen LogP contribution >= 0.6 is 0 Å². The number of hydrogen-bond acceptors (Lipinski definition) is 3. The molecule has 0 radical (unpaired) electrons. The molecule has 1 unspecified atom stereocenters. The van der Waals surface area contributed by atoms with Crippen LogP contribution in [0.4, 0.5) is 4.79 Å². The molecule has 0 aromatic rings. The van der Waals surface area contributed by atoms with E-state index in [2.05, 4.69) is 19.2 Å². The maximum absolute atomic E-state index is 11.3. The van der Waals surface area contributed by atoms with Gasteiger partial charge in [-0.05, 0) is 18.8 Å². The van der Waals surface area contributed by atoms with Crippen LogP contribution in [0, 0.1) is 5.92 Å². The molecule has 114 valence electrons. The minimum atomic E-state index is -0.413. The van der Waals surface area contributed by atoms with Crippen molar-refractivity contribution in [2.45, 2.75) is 65.2 Å². The largest absolute Gasteiger partial charge is 0.449 e. The van der Waals surface area contributed by atoms with Crippen molar-refractivity contribution in [1.29, 1.82) is 0 Å². The van der Waals surface area contributed by atoms with Gasteiger partial charge >= 0.3 is 6.09 Å². The van der Waals surface area contributed by atoms with Crippen LogP contribution in [0.25, 0.3) is 0 Å². The van der Waals surface area contributed by atoms with Crippen LogP contribution in [0.3, 0.4) is 0 Å². The number of nitrogens with one attached hydrogen (secondary N) is 1. The van der Waals surface area contributed by atoms with Crippen LogP contribution in [-0.4, -0.2) is 31.0 Å². The van der Waals surface area contributed by atoms with E-state index in [1.807, 2.05) is 0 Å². The van der Waals surface area contributed by atoms with E-state index >= 15 is 0 Å². The third-order valence-electron chi connectivity index (χ3n) is 3.26. The van der Waals surface area contributed by atoms with Crippen LogP contribution in [-0.2, 0) is 4.74 Å². The number of amides is 1. The number of alkyl carbamates (subject to hydrolysis) is 1. The number of carbonyl (C=O) groups excluding carboxylic acids is 1. The van der Waals surface area contributed by atoms with E-state index < -0.39 is 6.09 Å². The first-order valence-electron chi connectivity index (χ1n) is 7.76. The quantitative estimate of drug-likeness (QED) is 0.535. The first-order valence-corrected chi connectivity index (χ1v) is 7.76. The summed E-state index contributed by atoms with van der Waals surface area (Å²) >= 11 is 0. The maximum Gasteiger partial charge on any atom is 0.407 e. The van der Waals surface area contributed by atoms with Crippen molar-refractivity contribution in [2.24, 2.45) is 5.92 Å². The van der Waals surface area contributed by atoms with Crippen molar-refractivity contribution in [2.75, 3.05) is 19.8 Å². The zero-order chi connectivity index (χ0) is 14.3. The Bertz CT molecular complexity index is 210. The zero-order valence-electron chi connectivity index (χ0n) is 12.6. The van der Waals surface area contributed by atoms with Crippen molar-refractivity contribution < 1.29 is 14.6 Å². The molecule has 4 heteroatoms. The van der Waals surface area contributed by atoms with Crippen molar-refractivity contribution in [1.82, 2.24) is 5.32 Å². The Kier molecular flexibility index (Phi) is 13.1. The van der Waals surface area contributed by atoms with Gasteiger partial charge in [0.05, 0.1) is 13.2 Å². The van der Waals surface area contributed by atoms with Gasteiger partial charge in [-0.25, -0.2) is 4.79 Å². The molecule has 0 spiro atoms. The first-order chi connectivity index (χ1) is 9.24. The van der Waals surface area contributed by atoms with Crippen LogP contribution < -0.4 is 5.32 Å². The van der Waals surface area contributed by atoms with Gasteiger partial charge in [0.1, 0.15) is 0 Å². The summed E-state index contributed by atoms with van der Waals surface area (Å²) in [6, 6.07) is 0. The van der Waals surface area contributed by atoms with Gasteiger partial charge in [-0.15, -0.1) is 0 Å². The van der Waals surface area contributed by atoms with Crippen LogP contribution in [0.1, 0.15) is 65.2 Å². The lowest BCUT2D eigenvalue weighted by Gasteiger charge is -2.16. The Morgan fingerprint density at radius 3 is 2.42 bits per heavy atom. The van der Waals surface area contributed by atoms with Crippen LogP contribution in [0.2, 0.25) is 0 Å². The summed E-state index contributed by atoms with van der Waals surface area (Å²) in [4.78, 5) is 11.3. The summed E-state index contributed by atoms with van der Waals surface area (Å²) in [6.45, 7) is 5.11. The van der Waals surface area contributed by atoms with Gasteiger partial charge in [0.2, 0.25) is 0 Å². The van der Waals surface area contributed by atoms with E-state index in [-0.39, 0.29) is 13.2 Å². The van der Waals surface area contributed by atoms with Gasteiger partial charge in [0, 0.05) is 6.54 Å².